The molecule has 0 aromatic heterocycles. The van der Waals surface area contributed by atoms with Gasteiger partial charge in [-0.15, -0.1) is 0 Å². The van der Waals surface area contributed by atoms with Crippen LogP contribution in [0, 0.1) is 0 Å². The van der Waals surface area contributed by atoms with Gasteiger partial charge < -0.3 is 10.1 Å². The first-order valence-electron chi connectivity index (χ1n) is 3.93. The van der Waals surface area contributed by atoms with Crippen LogP contribution in [0.15, 0.2) is 30.3 Å². The Morgan fingerprint density at radius 2 is 2.08 bits per heavy atom. The molecule has 0 heterocycles. The Balaban J connectivity index is 2.17. The minimum atomic E-state index is -0.336. The average molecular weight is 197 g/mol. The number of para-hydroxylation sites is 1. The van der Waals surface area contributed by atoms with Gasteiger partial charge in [0.15, 0.2) is 0 Å². The van der Waals surface area contributed by atoms with Crippen LogP contribution in [0.5, 0.6) is 5.75 Å². The zero-order chi connectivity index (χ0) is 9.52. The van der Waals surface area contributed by atoms with Crippen molar-refractivity contribution in [2.24, 2.45) is 0 Å². The Kier molecular flexibility index (Phi) is 4.18. The summed E-state index contributed by atoms with van der Waals surface area (Å²) >= 11 is 3.55. The summed E-state index contributed by atoms with van der Waals surface area (Å²) in [6, 6.07) is 9.44. The van der Waals surface area contributed by atoms with Gasteiger partial charge in [0.25, 0.3) is 5.24 Å². The molecule has 0 fully saturated rings. The molecule has 1 amide bonds. The predicted octanol–water partition coefficient (Wildman–Crippen LogP) is 1.70. The summed E-state index contributed by atoms with van der Waals surface area (Å²) < 4.78 is 5.31. The number of carbonyl (C=O) groups is 1. The van der Waals surface area contributed by atoms with E-state index in [4.69, 9.17) is 4.74 Å². The molecule has 0 unspecified atom stereocenters. The van der Waals surface area contributed by atoms with Gasteiger partial charge in [-0.1, -0.05) is 30.8 Å². The fourth-order valence-corrected chi connectivity index (χ4v) is 0.955. The van der Waals surface area contributed by atoms with Crippen LogP contribution in [0.2, 0.25) is 0 Å². The van der Waals surface area contributed by atoms with E-state index in [1.165, 1.54) is 0 Å². The quantitative estimate of drug-likeness (QED) is 0.569. The topological polar surface area (TPSA) is 38.3 Å². The van der Waals surface area contributed by atoms with Crippen molar-refractivity contribution in [3.8, 4) is 5.75 Å². The highest BCUT2D eigenvalue weighted by molar-refractivity contribution is 7.96. The zero-order valence-electron chi connectivity index (χ0n) is 7.06. The molecule has 1 N–H and O–H groups in total. The monoisotopic (exact) mass is 197 g/mol. The summed E-state index contributed by atoms with van der Waals surface area (Å²) in [5.74, 6) is 0.802. The first-order chi connectivity index (χ1) is 6.29. The lowest BCUT2D eigenvalue weighted by Crippen LogP contribution is -2.22. The highest BCUT2D eigenvalue weighted by Crippen LogP contribution is 2.07. The van der Waals surface area contributed by atoms with Crippen LogP contribution >= 0.6 is 12.6 Å². The van der Waals surface area contributed by atoms with Crippen molar-refractivity contribution < 1.29 is 9.53 Å². The van der Waals surface area contributed by atoms with Gasteiger partial charge in [-0.2, -0.15) is 0 Å². The van der Waals surface area contributed by atoms with Crippen LogP contribution in [-0.2, 0) is 0 Å². The van der Waals surface area contributed by atoms with Gasteiger partial charge in [0, 0.05) is 0 Å². The zero-order valence-corrected chi connectivity index (χ0v) is 7.96. The van der Waals surface area contributed by atoms with Crippen molar-refractivity contribution in [1.82, 2.24) is 5.32 Å². The van der Waals surface area contributed by atoms with Crippen LogP contribution in [0.3, 0.4) is 0 Å². The standard InChI is InChI=1S/C9H11NO2S/c11-9(13)10-6-7-12-8-4-2-1-3-5-8/h1-5H,6-7H2,(H2,10,11,13). The molecule has 0 bridgehead atoms. The summed E-state index contributed by atoms with van der Waals surface area (Å²) in [6.07, 6.45) is 0. The molecule has 0 aliphatic heterocycles. The third-order valence-corrected chi connectivity index (χ3v) is 1.55. The second-order valence-corrected chi connectivity index (χ2v) is 2.80. The van der Waals surface area contributed by atoms with E-state index in [0.717, 1.165) is 5.75 Å². The Morgan fingerprint density at radius 3 is 2.69 bits per heavy atom. The molecule has 70 valence electrons. The highest BCUT2D eigenvalue weighted by Gasteiger charge is 1.92. The molecular weight excluding hydrogens is 186 g/mol. The fourth-order valence-electron chi connectivity index (χ4n) is 0.844. The molecule has 0 saturated carbocycles. The van der Waals surface area contributed by atoms with E-state index in [0.29, 0.717) is 13.2 Å². The maximum atomic E-state index is 10.4. The van der Waals surface area contributed by atoms with Crippen molar-refractivity contribution in [1.29, 1.82) is 0 Å². The molecule has 0 atom stereocenters. The maximum absolute atomic E-state index is 10.4. The molecule has 0 aliphatic carbocycles. The van der Waals surface area contributed by atoms with Crippen LogP contribution in [0.1, 0.15) is 0 Å². The van der Waals surface area contributed by atoms with Crippen LogP contribution in [0.25, 0.3) is 0 Å². The van der Waals surface area contributed by atoms with Crippen LogP contribution in [0.4, 0.5) is 4.79 Å². The third-order valence-electron chi connectivity index (χ3n) is 1.39. The molecule has 0 radical (unpaired) electrons. The lowest BCUT2D eigenvalue weighted by atomic mass is 10.3. The largest absolute Gasteiger partial charge is 0.492 e. The first kappa shape index (κ1) is 9.92. The van der Waals surface area contributed by atoms with Gasteiger partial charge >= 0.3 is 0 Å². The van der Waals surface area contributed by atoms with Crippen LogP contribution < -0.4 is 10.1 Å². The molecule has 0 aliphatic rings. The van der Waals surface area contributed by atoms with E-state index in [2.05, 4.69) is 17.9 Å². The predicted molar refractivity (Wildman–Crippen MR) is 54.3 cm³/mol. The lowest BCUT2D eigenvalue weighted by Gasteiger charge is -2.05. The van der Waals surface area contributed by atoms with E-state index in [9.17, 15) is 4.79 Å². The molecule has 13 heavy (non-hydrogen) atoms. The van der Waals surface area contributed by atoms with E-state index in [1.807, 2.05) is 30.3 Å². The number of benzene rings is 1. The normalized spacial score (nSPS) is 9.31. The molecule has 1 rings (SSSR count). The number of hydrogen-bond donors (Lipinski definition) is 2. The number of ether oxygens (including phenoxy) is 1. The Hall–Kier alpha value is -1.16. The lowest BCUT2D eigenvalue weighted by molar-refractivity contribution is 0.256. The molecule has 1 aromatic carbocycles. The number of amides is 1. The molecular formula is C9H11NO2S. The number of thiol groups is 1. The summed E-state index contributed by atoms with van der Waals surface area (Å²) in [5.41, 5.74) is 0. The molecule has 1 aromatic rings. The average Bonchev–Trinajstić information content (AvgIpc) is 2.14. The van der Waals surface area contributed by atoms with E-state index in [-0.39, 0.29) is 5.24 Å². The van der Waals surface area contributed by atoms with Gasteiger partial charge in [0.1, 0.15) is 12.4 Å². The van der Waals surface area contributed by atoms with Crippen molar-refractivity contribution in [3.63, 3.8) is 0 Å². The number of hydrogen-bond acceptors (Lipinski definition) is 2. The van der Waals surface area contributed by atoms with E-state index >= 15 is 0 Å². The van der Waals surface area contributed by atoms with Crippen molar-refractivity contribution in [2.75, 3.05) is 13.2 Å². The Labute approximate surface area is 82.5 Å². The fraction of sp³-hybridized carbons (Fsp3) is 0.222. The van der Waals surface area contributed by atoms with Crippen molar-refractivity contribution in [3.05, 3.63) is 30.3 Å². The summed E-state index contributed by atoms with van der Waals surface area (Å²) in [5, 5.41) is 2.18. The molecule has 4 heteroatoms. The third kappa shape index (κ3) is 4.42. The summed E-state index contributed by atoms with van der Waals surface area (Å²) in [4.78, 5) is 10.4. The molecule has 0 spiro atoms. The van der Waals surface area contributed by atoms with Crippen molar-refractivity contribution >= 4 is 17.9 Å². The minimum Gasteiger partial charge on any atom is -0.492 e. The Bertz CT molecular complexity index is 264. The van der Waals surface area contributed by atoms with Gasteiger partial charge in [0.2, 0.25) is 0 Å². The summed E-state index contributed by atoms with van der Waals surface area (Å²) in [6.45, 7) is 0.924. The van der Waals surface area contributed by atoms with Gasteiger partial charge in [-0.25, -0.2) is 0 Å². The number of carbonyl (C=O) groups excluding carboxylic acids is 1. The van der Waals surface area contributed by atoms with Gasteiger partial charge in [-0.3, -0.25) is 4.79 Å². The molecule has 3 nitrogen and oxygen atoms in total. The SMILES string of the molecule is O=C(S)NCCOc1ccccc1. The highest BCUT2D eigenvalue weighted by atomic mass is 32.1. The smallest absolute Gasteiger partial charge is 0.276 e. The van der Waals surface area contributed by atoms with E-state index in [1.54, 1.807) is 0 Å². The summed E-state index contributed by atoms with van der Waals surface area (Å²) in [7, 11) is 0. The minimum absolute atomic E-state index is 0.336. The van der Waals surface area contributed by atoms with Crippen molar-refractivity contribution in [2.45, 2.75) is 0 Å². The number of nitrogens with one attached hydrogen (secondary N) is 1. The van der Waals surface area contributed by atoms with E-state index < -0.39 is 0 Å². The second-order valence-electron chi connectivity index (χ2n) is 2.39. The Morgan fingerprint density at radius 1 is 1.38 bits per heavy atom. The van der Waals surface area contributed by atoms with Gasteiger partial charge in [-0.05, 0) is 12.1 Å². The first-order valence-corrected chi connectivity index (χ1v) is 4.38. The second kappa shape index (κ2) is 5.48. The van der Waals surface area contributed by atoms with Crippen LogP contribution in [-0.4, -0.2) is 18.4 Å². The van der Waals surface area contributed by atoms with Gasteiger partial charge in [0.05, 0.1) is 6.54 Å². The number of rotatable bonds is 4. The maximum Gasteiger partial charge on any atom is 0.276 e. The molecule has 0 saturated heterocycles.